The van der Waals surface area contributed by atoms with Crippen LogP contribution in [0.5, 0.6) is 0 Å². The molecule has 1 amide bonds. The maximum Gasteiger partial charge on any atom is 0.280 e. The number of benzene rings is 1. The van der Waals surface area contributed by atoms with Gasteiger partial charge in [0.1, 0.15) is 11.3 Å². The molecule has 0 bridgehead atoms. The summed E-state index contributed by atoms with van der Waals surface area (Å²) in [4.78, 5) is 17.1. The standard InChI is InChI=1S/C21H19BrF2N6O/c1-13-16(22)12-29(28-13)9-5-8-25-21(31)15-11-26-30-18(19(23)24)10-17(27-20(15)30)14-6-3-2-4-7-14/h2-4,6-7,10-12,19H,5,8-9H2,1H3,(H,25,31). The van der Waals surface area contributed by atoms with Gasteiger partial charge < -0.3 is 5.32 Å². The molecule has 3 aromatic heterocycles. The van der Waals surface area contributed by atoms with E-state index in [4.69, 9.17) is 0 Å². The molecule has 7 nitrogen and oxygen atoms in total. The van der Waals surface area contributed by atoms with Crippen LogP contribution >= 0.6 is 15.9 Å². The molecule has 0 saturated carbocycles. The van der Waals surface area contributed by atoms with Crippen LogP contribution < -0.4 is 5.32 Å². The number of alkyl halides is 2. The van der Waals surface area contributed by atoms with Crippen molar-refractivity contribution in [3.05, 3.63) is 70.2 Å². The summed E-state index contributed by atoms with van der Waals surface area (Å²) < 4.78 is 31.0. The molecule has 0 unspecified atom stereocenters. The van der Waals surface area contributed by atoms with Crippen LogP contribution in [0.2, 0.25) is 0 Å². The minimum absolute atomic E-state index is 0.0979. The zero-order chi connectivity index (χ0) is 22.0. The number of carbonyl (C=O) groups is 1. The molecular weight excluding hydrogens is 470 g/mol. The van der Waals surface area contributed by atoms with Crippen molar-refractivity contribution in [2.75, 3.05) is 6.54 Å². The number of rotatable bonds is 7. The molecule has 0 atom stereocenters. The summed E-state index contributed by atoms with van der Waals surface area (Å²) in [6, 6.07) is 10.3. The number of aromatic nitrogens is 5. The van der Waals surface area contributed by atoms with Gasteiger partial charge in [-0.2, -0.15) is 10.2 Å². The van der Waals surface area contributed by atoms with Crippen LogP contribution in [0.3, 0.4) is 0 Å². The normalized spacial score (nSPS) is 11.4. The number of halogens is 3. The first-order valence-corrected chi connectivity index (χ1v) is 10.4. The third-order valence-corrected chi connectivity index (χ3v) is 5.55. The van der Waals surface area contributed by atoms with Crippen molar-refractivity contribution in [2.45, 2.75) is 26.3 Å². The van der Waals surface area contributed by atoms with Crippen LogP contribution in [0.4, 0.5) is 8.78 Å². The SMILES string of the molecule is Cc1nn(CCCNC(=O)c2cnn3c(C(F)F)cc(-c4ccccc4)nc23)cc1Br. The van der Waals surface area contributed by atoms with Gasteiger partial charge in [0.2, 0.25) is 0 Å². The molecule has 0 saturated heterocycles. The van der Waals surface area contributed by atoms with Crippen molar-refractivity contribution in [3.8, 4) is 11.3 Å². The molecule has 0 fully saturated rings. The predicted octanol–water partition coefficient (Wildman–Crippen LogP) is 4.42. The van der Waals surface area contributed by atoms with Gasteiger partial charge in [-0.05, 0) is 35.3 Å². The van der Waals surface area contributed by atoms with Crippen molar-refractivity contribution >= 4 is 27.5 Å². The third kappa shape index (κ3) is 4.48. The van der Waals surface area contributed by atoms with Crippen molar-refractivity contribution in [2.24, 2.45) is 0 Å². The lowest BCUT2D eigenvalue weighted by atomic mass is 10.1. The van der Waals surface area contributed by atoms with E-state index in [1.807, 2.05) is 19.2 Å². The lowest BCUT2D eigenvalue weighted by Gasteiger charge is -2.09. The second-order valence-electron chi connectivity index (χ2n) is 6.96. The fraction of sp³-hybridized carbons (Fsp3) is 0.238. The first-order chi connectivity index (χ1) is 14.9. The van der Waals surface area contributed by atoms with Gasteiger partial charge in [0.15, 0.2) is 5.65 Å². The summed E-state index contributed by atoms with van der Waals surface area (Å²) in [6.45, 7) is 2.93. The molecule has 1 N–H and O–H groups in total. The Bertz CT molecular complexity index is 1200. The van der Waals surface area contributed by atoms with Crippen LogP contribution in [-0.2, 0) is 6.54 Å². The van der Waals surface area contributed by atoms with Gasteiger partial charge in [0, 0.05) is 24.8 Å². The lowest BCUT2D eigenvalue weighted by Crippen LogP contribution is -2.25. The summed E-state index contributed by atoms with van der Waals surface area (Å²) in [5, 5.41) is 11.1. The summed E-state index contributed by atoms with van der Waals surface area (Å²) in [5.41, 5.74) is 1.86. The average Bonchev–Trinajstić information content (AvgIpc) is 3.33. The van der Waals surface area contributed by atoms with Gasteiger partial charge in [-0.15, -0.1) is 0 Å². The quantitative estimate of drug-likeness (QED) is 0.390. The summed E-state index contributed by atoms with van der Waals surface area (Å²) in [7, 11) is 0. The number of nitrogens with one attached hydrogen (secondary N) is 1. The Morgan fingerprint density at radius 2 is 2.03 bits per heavy atom. The fourth-order valence-corrected chi connectivity index (χ4v) is 3.52. The van der Waals surface area contributed by atoms with Gasteiger partial charge in [-0.25, -0.2) is 18.3 Å². The fourth-order valence-electron chi connectivity index (χ4n) is 3.20. The highest BCUT2D eigenvalue weighted by Crippen LogP contribution is 2.26. The van der Waals surface area contributed by atoms with Gasteiger partial charge >= 0.3 is 0 Å². The lowest BCUT2D eigenvalue weighted by molar-refractivity contribution is 0.0953. The number of hydrogen-bond acceptors (Lipinski definition) is 4. The first kappa shape index (κ1) is 21.1. The third-order valence-electron chi connectivity index (χ3n) is 4.77. The Hall–Kier alpha value is -3.14. The van der Waals surface area contributed by atoms with Crippen LogP contribution in [0.1, 0.15) is 34.6 Å². The van der Waals surface area contributed by atoms with Crippen LogP contribution in [0, 0.1) is 6.92 Å². The second kappa shape index (κ2) is 8.93. The molecule has 4 aromatic rings. The Morgan fingerprint density at radius 3 is 2.71 bits per heavy atom. The summed E-state index contributed by atoms with van der Waals surface area (Å²) in [6.07, 6.45) is 1.04. The molecule has 10 heteroatoms. The Balaban J connectivity index is 1.54. The zero-order valence-corrected chi connectivity index (χ0v) is 18.2. The second-order valence-corrected chi connectivity index (χ2v) is 7.82. The highest BCUT2D eigenvalue weighted by atomic mass is 79.9. The molecule has 0 aliphatic carbocycles. The van der Waals surface area contributed by atoms with Gasteiger partial charge in [0.25, 0.3) is 12.3 Å². The van der Waals surface area contributed by atoms with E-state index >= 15 is 0 Å². The smallest absolute Gasteiger partial charge is 0.280 e. The van der Waals surface area contributed by atoms with E-state index in [1.54, 1.807) is 28.9 Å². The van der Waals surface area contributed by atoms with E-state index in [-0.39, 0.29) is 16.9 Å². The highest BCUT2D eigenvalue weighted by Gasteiger charge is 2.21. The molecule has 0 aliphatic heterocycles. The van der Waals surface area contributed by atoms with Gasteiger partial charge in [-0.1, -0.05) is 30.3 Å². The number of aryl methyl sites for hydroxylation is 2. The Labute approximate surface area is 185 Å². The van der Waals surface area contributed by atoms with Gasteiger partial charge in [0.05, 0.1) is 22.1 Å². The molecule has 0 aliphatic rings. The van der Waals surface area contributed by atoms with Crippen LogP contribution in [-0.4, -0.2) is 36.8 Å². The van der Waals surface area contributed by atoms with Crippen molar-refractivity contribution < 1.29 is 13.6 Å². The Morgan fingerprint density at radius 1 is 1.26 bits per heavy atom. The first-order valence-electron chi connectivity index (χ1n) is 9.64. The van der Waals surface area contributed by atoms with Crippen molar-refractivity contribution in [1.82, 2.24) is 29.7 Å². The predicted molar refractivity (Wildman–Crippen MR) is 115 cm³/mol. The minimum Gasteiger partial charge on any atom is -0.352 e. The van der Waals surface area contributed by atoms with Crippen molar-refractivity contribution in [1.29, 1.82) is 0 Å². The van der Waals surface area contributed by atoms with E-state index in [0.717, 1.165) is 14.7 Å². The van der Waals surface area contributed by atoms with Gasteiger partial charge in [-0.3, -0.25) is 9.48 Å². The maximum atomic E-state index is 13.6. The molecular formula is C21H19BrF2N6O. The van der Waals surface area contributed by atoms with E-state index in [2.05, 4.69) is 36.4 Å². The average molecular weight is 489 g/mol. The van der Waals surface area contributed by atoms with E-state index < -0.39 is 12.3 Å². The van der Waals surface area contributed by atoms with Crippen LogP contribution in [0.15, 0.2) is 53.3 Å². The largest absolute Gasteiger partial charge is 0.352 e. The monoisotopic (exact) mass is 488 g/mol. The maximum absolute atomic E-state index is 13.6. The molecule has 0 radical (unpaired) electrons. The number of amides is 1. The molecule has 4 rings (SSSR count). The van der Waals surface area contributed by atoms with Crippen LogP contribution in [0.25, 0.3) is 16.9 Å². The number of fused-ring (bicyclic) bond motifs is 1. The van der Waals surface area contributed by atoms with Crippen molar-refractivity contribution in [3.63, 3.8) is 0 Å². The molecule has 0 spiro atoms. The molecule has 3 heterocycles. The molecule has 31 heavy (non-hydrogen) atoms. The number of carbonyl (C=O) groups excluding carboxylic acids is 1. The topological polar surface area (TPSA) is 77.1 Å². The zero-order valence-electron chi connectivity index (χ0n) is 16.6. The highest BCUT2D eigenvalue weighted by molar-refractivity contribution is 9.10. The molecule has 1 aromatic carbocycles. The Kier molecular flexibility index (Phi) is 6.08. The van der Waals surface area contributed by atoms with E-state index in [9.17, 15) is 13.6 Å². The minimum atomic E-state index is -2.76. The van der Waals surface area contributed by atoms with E-state index in [0.29, 0.717) is 30.8 Å². The number of nitrogens with zero attached hydrogens (tertiary/aromatic N) is 5. The summed E-state index contributed by atoms with van der Waals surface area (Å²) >= 11 is 3.41. The molecule has 160 valence electrons. The number of hydrogen-bond donors (Lipinski definition) is 1. The van der Waals surface area contributed by atoms with E-state index in [1.165, 1.54) is 12.3 Å². The summed E-state index contributed by atoms with van der Waals surface area (Å²) in [5.74, 6) is -0.411.